The molecule has 1 heterocycles. The predicted molar refractivity (Wildman–Crippen MR) is 68.0 cm³/mol. The van der Waals surface area contributed by atoms with Crippen LogP contribution in [0.2, 0.25) is 0 Å². The van der Waals surface area contributed by atoms with Crippen molar-refractivity contribution in [3.05, 3.63) is 40.1 Å². The van der Waals surface area contributed by atoms with Crippen LogP contribution in [0.1, 0.15) is 41.8 Å². The van der Waals surface area contributed by atoms with Gasteiger partial charge in [-0.05, 0) is 19.0 Å². The molecule has 1 aromatic rings. The molecule has 102 valence electrons. The number of aldehydes is 1. The van der Waals surface area contributed by atoms with E-state index in [-0.39, 0.29) is 23.5 Å². The molecule has 0 aromatic carbocycles. The number of hydrogen-bond acceptors (Lipinski definition) is 5. The summed E-state index contributed by atoms with van der Waals surface area (Å²) in [5, 5.41) is 11.9. The Morgan fingerprint density at radius 3 is 2.79 bits per heavy atom. The lowest BCUT2D eigenvalue weighted by Crippen LogP contribution is -2.09. The summed E-state index contributed by atoms with van der Waals surface area (Å²) >= 11 is 0. The van der Waals surface area contributed by atoms with Crippen LogP contribution in [0.25, 0.3) is 0 Å². The van der Waals surface area contributed by atoms with Gasteiger partial charge >= 0.3 is 5.63 Å². The van der Waals surface area contributed by atoms with Gasteiger partial charge in [-0.25, -0.2) is 4.79 Å². The summed E-state index contributed by atoms with van der Waals surface area (Å²) in [6.07, 6.45) is 5.45. The van der Waals surface area contributed by atoms with Gasteiger partial charge in [0.15, 0.2) is 6.29 Å². The van der Waals surface area contributed by atoms with Gasteiger partial charge < -0.3 is 14.8 Å². The van der Waals surface area contributed by atoms with E-state index in [1.54, 1.807) is 6.08 Å². The molecular weight excluding hydrogens is 250 g/mol. The van der Waals surface area contributed by atoms with Gasteiger partial charge in [-0.15, -0.1) is 0 Å². The second kappa shape index (κ2) is 7.15. The Hall–Kier alpha value is -2.37. The summed E-state index contributed by atoms with van der Waals surface area (Å²) in [7, 11) is 0. The number of amides is 1. The van der Waals surface area contributed by atoms with E-state index in [4.69, 9.17) is 4.42 Å². The second-order valence-corrected chi connectivity index (χ2v) is 4.02. The first kappa shape index (κ1) is 14.7. The fourth-order valence-corrected chi connectivity index (χ4v) is 1.54. The fraction of sp³-hybridized carbons (Fsp3) is 0.308. The zero-order valence-electron chi connectivity index (χ0n) is 10.5. The predicted octanol–water partition coefficient (Wildman–Crippen LogP) is 1.30. The summed E-state index contributed by atoms with van der Waals surface area (Å²) in [6, 6.07) is 1.28. The van der Waals surface area contributed by atoms with Gasteiger partial charge in [-0.2, -0.15) is 0 Å². The minimum atomic E-state index is -0.838. The van der Waals surface area contributed by atoms with Crippen molar-refractivity contribution in [2.45, 2.75) is 25.7 Å². The summed E-state index contributed by atoms with van der Waals surface area (Å²) in [4.78, 5) is 31.9. The molecule has 0 radical (unpaired) electrons. The number of nitrogens with one attached hydrogen (secondary N) is 1. The van der Waals surface area contributed by atoms with Crippen molar-refractivity contribution in [2.24, 2.45) is 0 Å². The number of hydrogen-bond donors (Lipinski definition) is 2. The Balaban J connectivity index is 2.72. The maximum atomic E-state index is 11.4. The normalized spacial score (nSPS) is 12.3. The minimum Gasteiger partial charge on any atom is -0.507 e. The van der Waals surface area contributed by atoms with E-state index in [1.165, 1.54) is 12.3 Å². The van der Waals surface area contributed by atoms with Gasteiger partial charge in [0.1, 0.15) is 17.1 Å². The van der Waals surface area contributed by atoms with Crippen LogP contribution in [0.5, 0.6) is 5.75 Å². The lowest BCUT2D eigenvalue weighted by molar-refractivity contribution is -0.108. The Bertz CT molecular complexity index is 532. The van der Waals surface area contributed by atoms with Crippen LogP contribution in [0, 0.1) is 0 Å². The van der Waals surface area contributed by atoms with Gasteiger partial charge in [-0.1, -0.05) is 13.0 Å². The highest BCUT2D eigenvalue weighted by molar-refractivity contribution is 5.77. The highest BCUT2D eigenvalue weighted by Crippen LogP contribution is 2.23. The molecule has 0 spiro atoms. The van der Waals surface area contributed by atoms with Crippen molar-refractivity contribution in [2.75, 3.05) is 0 Å². The third-order valence-electron chi connectivity index (χ3n) is 2.64. The molecule has 0 aliphatic carbocycles. The van der Waals surface area contributed by atoms with Crippen LogP contribution in [0.15, 0.2) is 27.6 Å². The van der Waals surface area contributed by atoms with Crippen LogP contribution < -0.4 is 10.9 Å². The lowest BCUT2D eigenvalue weighted by atomic mass is 10.0. The molecule has 6 nitrogen and oxygen atoms in total. The van der Waals surface area contributed by atoms with Gasteiger partial charge in [0.2, 0.25) is 6.41 Å². The molecule has 0 aliphatic heterocycles. The Morgan fingerprint density at radius 1 is 1.47 bits per heavy atom. The maximum absolute atomic E-state index is 11.4. The van der Waals surface area contributed by atoms with E-state index in [1.807, 2.05) is 6.92 Å². The number of allylic oxidation sites excluding steroid dienone is 1. The van der Waals surface area contributed by atoms with Crippen LogP contribution >= 0.6 is 0 Å². The standard InChI is InChI=1S/C13H15NO5/c1-9(4-2-3-5-14-8-16)12-6-11(17)10(7-15)13(18)19-12/h3,5-9,17H,2,4H2,1H3,(H,14,16)/b5-3+. The molecule has 0 bridgehead atoms. The average Bonchev–Trinajstić information content (AvgIpc) is 2.38. The highest BCUT2D eigenvalue weighted by Gasteiger charge is 2.14. The molecule has 1 aromatic heterocycles. The number of carbonyl (C=O) groups excluding carboxylic acids is 2. The van der Waals surface area contributed by atoms with Crippen LogP contribution in [0.3, 0.4) is 0 Å². The molecule has 0 saturated heterocycles. The second-order valence-electron chi connectivity index (χ2n) is 4.02. The molecule has 1 atom stereocenters. The number of carbonyl (C=O) groups is 2. The van der Waals surface area contributed by atoms with E-state index >= 15 is 0 Å². The first-order valence-corrected chi connectivity index (χ1v) is 5.77. The molecule has 2 N–H and O–H groups in total. The van der Waals surface area contributed by atoms with Crippen molar-refractivity contribution < 1.29 is 19.1 Å². The van der Waals surface area contributed by atoms with Gasteiger partial charge in [-0.3, -0.25) is 9.59 Å². The topological polar surface area (TPSA) is 96.6 Å². The Morgan fingerprint density at radius 2 is 2.21 bits per heavy atom. The average molecular weight is 265 g/mol. The van der Waals surface area contributed by atoms with Gasteiger partial charge in [0.05, 0.1) is 0 Å². The van der Waals surface area contributed by atoms with Crippen LogP contribution in [-0.2, 0) is 4.79 Å². The molecule has 0 fully saturated rings. The minimum absolute atomic E-state index is 0.0971. The SMILES string of the molecule is CC(CC/C=C/NC=O)c1cc(O)c(C=O)c(=O)o1. The molecule has 6 heteroatoms. The van der Waals surface area contributed by atoms with E-state index in [0.29, 0.717) is 25.0 Å². The molecule has 19 heavy (non-hydrogen) atoms. The molecular formula is C13H15NO5. The van der Waals surface area contributed by atoms with Gasteiger partial charge in [0, 0.05) is 12.0 Å². The zero-order valence-corrected chi connectivity index (χ0v) is 10.5. The van der Waals surface area contributed by atoms with Crippen LogP contribution in [-0.4, -0.2) is 17.8 Å². The summed E-state index contributed by atoms with van der Waals surface area (Å²) in [5.41, 5.74) is -1.21. The Kier molecular flexibility index (Phi) is 5.53. The van der Waals surface area contributed by atoms with E-state index in [2.05, 4.69) is 5.32 Å². The van der Waals surface area contributed by atoms with Gasteiger partial charge in [0.25, 0.3) is 0 Å². The highest BCUT2D eigenvalue weighted by atomic mass is 16.4. The van der Waals surface area contributed by atoms with E-state index in [9.17, 15) is 19.5 Å². The zero-order chi connectivity index (χ0) is 14.3. The first-order chi connectivity index (χ1) is 9.10. The van der Waals surface area contributed by atoms with E-state index in [0.717, 1.165) is 0 Å². The lowest BCUT2D eigenvalue weighted by Gasteiger charge is -2.09. The van der Waals surface area contributed by atoms with Crippen molar-refractivity contribution in [3.63, 3.8) is 0 Å². The summed E-state index contributed by atoms with van der Waals surface area (Å²) in [5.74, 6) is -0.142. The van der Waals surface area contributed by atoms with E-state index < -0.39 is 5.63 Å². The molecule has 0 saturated carbocycles. The van der Waals surface area contributed by atoms with Crippen LogP contribution in [0.4, 0.5) is 0 Å². The third-order valence-corrected chi connectivity index (χ3v) is 2.64. The monoisotopic (exact) mass is 265 g/mol. The summed E-state index contributed by atoms with van der Waals surface area (Å²) in [6.45, 7) is 1.83. The molecule has 1 amide bonds. The maximum Gasteiger partial charge on any atom is 0.350 e. The third kappa shape index (κ3) is 4.09. The van der Waals surface area contributed by atoms with Crippen molar-refractivity contribution >= 4 is 12.7 Å². The molecule has 1 unspecified atom stereocenters. The Labute approximate surface area is 109 Å². The van der Waals surface area contributed by atoms with Crippen molar-refractivity contribution in [1.82, 2.24) is 5.32 Å². The number of aromatic hydroxyl groups is 1. The molecule has 0 aliphatic rings. The van der Waals surface area contributed by atoms with Crippen molar-refractivity contribution in [1.29, 1.82) is 0 Å². The quantitative estimate of drug-likeness (QED) is 0.724. The van der Waals surface area contributed by atoms with Crippen molar-refractivity contribution in [3.8, 4) is 5.75 Å². The smallest absolute Gasteiger partial charge is 0.350 e. The molecule has 1 rings (SSSR count). The first-order valence-electron chi connectivity index (χ1n) is 5.77. The number of rotatable bonds is 7. The summed E-state index contributed by atoms with van der Waals surface area (Å²) < 4.78 is 4.98. The largest absolute Gasteiger partial charge is 0.507 e. The fourth-order valence-electron chi connectivity index (χ4n) is 1.54.